The molecule has 0 radical (unpaired) electrons. The topological polar surface area (TPSA) is 76.7 Å². The van der Waals surface area contributed by atoms with E-state index in [0.29, 0.717) is 43.9 Å². The second kappa shape index (κ2) is 9.91. The average molecular weight is 350 g/mol. The second-order valence-corrected chi connectivity index (χ2v) is 6.90. The molecule has 6 heteroatoms. The molecular formula is C19H30N2O4. The Kier molecular flexibility index (Phi) is 8.25. The van der Waals surface area contributed by atoms with E-state index in [1.165, 1.54) is 0 Å². The zero-order valence-electron chi connectivity index (χ0n) is 15.9. The molecule has 1 aromatic carbocycles. The van der Waals surface area contributed by atoms with Crippen LogP contribution in [-0.4, -0.2) is 39.1 Å². The van der Waals surface area contributed by atoms with Crippen molar-refractivity contribution in [3.05, 3.63) is 23.8 Å². The maximum Gasteiger partial charge on any atom is 0.225 e. The molecule has 25 heavy (non-hydrogen) atoms. The van der Waals surface area contributed by atoms with Gasteiger partial charge in [-0.25, -0.2) is 0 Å². The number of rotatable bonds is 9. The summed E-state index contributed by atoms with van der Waals surface area (Å²) in [6.45, 7) is 6.66. The monoisotopic (exact) mass is 350 g/mol. The van der Waals surface area contributed by atoms with E-state index >= 15 is 0 Å². The van der Waals surface area contributed by atoms with Gasteiger partial charge in [0.05, 0.1) is 14.2 Å². The van der Waals surface area contributed by atoms with Gasteiger partial charge >= 0.3 is 0 Å². The van der Waals surface area contributed by atoms with Crippen molar-refractivity contribution in [3.8, 4) is 11.5 Å². The number of ether oxygens (including phenoxy) is 2. The van der Waals surface area contributed by atoms with Gasteiger partial charge in [0.25, 0.3) is 0 Å². The van der Waals surface area contributed by atoms with Crippen LogP contribution in [0.4, 0.5) is 0 Å². The minimum absolute atomic E-state index is 0.00126. The lowest BCUT2D eigenvalue weighted by atomic mass is 9.96. The van der Waals surface area contributed by atoms with Crippen LogP contribution in [0.5, 0.6) is 11.5 Å². The number of amides is 2. The van der Waals surface area contributed by atoms with E-state index in [-0.39, 0.29) is 11.8 Å². The summed E-state index contributed by atoms with van der Waals surface area (Å²) in [5.74, 6) is 1.36. The van der Waals surface area contributed by atoms with E-state index < -0.39 is 5.41 Å². The molecule has 0 aliphatic carbocycles. The lowest BCUT2D eigenvalue weighted by Gasteiger charge is -2.17. The highest BCUT2D eigenvalue weighted by Crippen LogP contribution is 2.27. The largest absolute Gasteiger partial charge is 0.493 e. The number of carbonyl (C=O) groups excluding carboxylic acids is 2. The summed E-state index contributed by atoms with van der Waals surface area (Å²) >= 11 is 0. The summed E-state index contributed by atoms with van der Waals surface area (Å²) in [5, 5.41) is 5.73. The molecule has 1 rings (SSSR count). The van der Waals surface area contributed by atoms with E-state index in [2.05, 4.69) is 10.6 Å². The van der Waals surface area contributed by atoms with E-state index in [4.69, 9.17) is 9.47 Å². The third-order valence-corrected chi connectivity index (χ3v) is 3.73. The number of hydrogen-bond acceptors (Lipinski definition) is 4. The zero-order valence-corrected chi connectivity index (χ0v) is 15.9. The van der Waals surface area contributed by atoms with Crippen LogP contribution in [0.3, 0.4) is 0 Å². The molecule has 140 valence electrons. The van der Waals surface area contributed by atoms with Gasteiger partial charge in [-0.15, -0.1) is 0 Å². The van der Waals surface area contributed by atoms with Gasteiger partial charge in [-0.05, 0) is 30.5 Å². The Labute approximate surface area is 150 Å². The second-order valence-electron chi connectivity index (χ2n) is 6.90. The van der Waals surface area contributed by atoms with E-state index in [1.54, 1.807) is 14.2 Å². The van der Waals surface area contributed by atoms with Crippen LogP contribution in [0.2, 0.25) is 0 Å². The van der Waals surface area contributed by atoms with Crippen molar-refractivity contribution in [2.24, 2.45) is 5.41 Å². The number of methoxy groups -OCH3 is 2. The summed E-state index contributed by atoms with van der Waals surface area (Å²) < 4.78 is 10.5. The van der Waals surface area contributed by atoms with Gasteiger partial charge in [0, 0.05) is 24.9 Å². The molecule has 0 spiro atoms. The minimum atomic E-state index is -0.401. The van der Waals surface area contributed by atoms with E-state index in [9.17, 15) is 9.59 Å². The van der Waals surface area contributed by atoms with Crippen LogP contribution in [0.25, 0.3) is 0 Å². The fourth-order valence-electron chi connectivity index (χ4n) is 2.19. The van der Waals surface area contributed by atoms with Gasteiger partial charge in [0.15, 0.2) is 11.5 Å². The summed E-state index contributed by atoms with van der Waals surface area (Å²) in [6, 6.07) is 5.72. The first kappa shape index (κ1) is 20.8. The Hall–Kier alpha value is -2.24. The first-order chi connectivity index (χ1) is 11.8. The molecule has 0 saturated carbocycles. The molecule has 0 aromatic heterocycles. The molecule has 0 aliphatic rings. The van der Waals surface area contributed by atoms with Gasteiger partial charge in [-0.3, -0.25) is 9.59 Å². The van der Waals surface area contributed by atoms with Gasteiger partial charge in [0.1, 0.15) is 0 Å². The smallest absolute Gasteiger partial charge is 0.225 e. The van der Waals surface area contributed by atoms with Crippen molar-refractivity contribution < 1.29 is 19.1 Å². The van der Waals surface area contributed by atoms with Gasteiger partial charge in [-0.1, -0.05) is 26.8 Å². The molecule has 0 heterocycles. The summed E-state index contributed by atoms with van der Waals surface area (Å²) in [7, 11) is 3.20. The third kappa shape index (κ3) is 7.45. The third-order valence-electron chi connectivity index (χ3n) is 3.73. The molecule has 0 aliphatic heterocycles. The maximum atomic E-state index is 11.8. The Morgan fingerprint density at radius 3 is 2.28 bits per heavy atom. The Balaban J connectivity index is 2.26. The lowest BCUT2D eigenvalue weighted by molar-refractivity contribution is -0.128. The Morgan fingerprint density at radius 2 is 1.68 bits per heavy atom. The van der Waals surface area contributed by atoms with Crippen LogP contribution in [0, 0.1) is 5.41 Å². The van der Waals surface area contributed by atoms with Gasteiger partial charge in [0.2, 0.25) is 11.8 Å². The molecule has 2 N–H and O–H groups in total. The van der Waals surface area contributed by atoms with Crippen molar-refractivity contribution in [2.45, 2.75) is 40.0 Å². The Morgan fingerprint density at radius 1 is 1.00 bits per heavy atom. The molecule has 6 nitrogen and oxygen atoms in total. The standard InChI is InChI=1S/C19H30N2O4/c1-19(2,3)18(23)21-11-6-7-17(22)20-12-10-14-8-9-15(24-4)16(13-14)25-5/h8-9,13H,6-7,10-12H2,1-5H3,(H,20,22)(H,21,23). The minimum Gasteiger partial charge on any atom is -0.493 e. The maximum absolute atomic E-state index is 11.8. The van der Waals surface area contributed by atoms with Crippen molar-refractivity contribution in [1.29, 1.82) is 0 Å². The molecule has 0 bridgehead atoms. The normalized spacial score (nSPS) is 10.9. The van der Waals surface area contributed by atoms with Crippen molar-refractivity contribution in [3.63, 3.8) is 0 Å². The number of carbonyl (C=O) groups is 2. The predicted octanol–water partition coefficient (Wildman–Crippen LogP) is 2.30. The highest BCUT2D eigenvalue weighted by molar-refractivity contribution is 5.81. The summed E-state index contributed by atoms with van der Waals surface area (Å²) in [6.07, 6.45) is 1.74. The van der Waals surface area contributed by atoms with Gasteiger partial charge < -0.3 is 20.1 Å². The van der Waals surface area contributed by atoms with Crippen LogP contribution >= 0.6 is 0 Å². The zero-order chi connectivity index (χ0) is 18.9. The summed E-state index contributed by atoms with van der Waals surface area (Å²) in [4.78, 5) is 23.5. The quantitative estimate of drug-likeness (QED) is 0.670. The van der Waals surface area contributed by atoms with Crippen LogP contribution < -0.4 is 20.1 Å². The van der Waals surface area contributed by atoms with Crippen molar-refractivity contribution in [1.82, 2.24) is 10.6 Å². The predicted molar refractivity (Wildman–Crippen MR) is 98.0 cm³/mol. The highest BCUT2D eigenvalue weighted by Gasteiger charge is 2.20. The number of nitrogens with one attached hydrogen (secondary N) is 2. The van der Waals surface area contributed by atoms with E-state index in [1.807, 2.05) is 39.0 Å². The fourth-order valence-corrected chi connectivity index (χ4v) is 2.19. The lowest BCUT2D eigenvalue weighted by Crippen LogP contribution is -2.35. The van der Waals surface area contributed by atoms with Crippen molar-refractivity contribution in [2.75, 3.05) is 27.3 Å². The molecule has 0 fully saturated rings. The van der Waals surface area contributed by atoms with E-state index in [0.717, 1.165) is 5.56 Å². The molecular weight excluding hydrogens is 320 g/mol. The highest BCUT2D eigenvalue weighted by atomic mass is 16.5. The average Bonchev–Trinajstić information content (AvgIpc) is 2.57. The first-order valence-corrected chi connectivity index (χ1v) is 8.54. The summed E-state index contributed by atoms with van der Waals surface area (Å²) in [5.41, 5.74) is 0.664. The molecule has 0 atom stereocenters. The number of benzene rings is 1. The van der Waals surface area contributed by atoms with Crippen molar-refractivity contribution >= 4 is 11.8 Å². The molecule has 1 aromatic rings. The fraction of sp³-hybridized carbons (Fsp3) is 0.579. The number of hydrogen-bond donors (Lipinski definition) is 2. The Bertz CT molecular complexity index is 579. The molecule has 0 saturated heterocycles. The first-order valence-electron chi connectivity index (χ1n) is 8.54. The van der Waals surface area contributed by atoms with Gasteiger partial charge in [-0.2, -0.15) is 0 Å². The van der Waals surface area contributed by atoms with Crippen LogP contribution in [-0.2, 0) is 16.0 Å². The molecule has 2 amide bonds. The SMILES string of the molecule is COc1ccc(CCNC(=O)CCCNC(=O)C(C)(C)C)cc1OC. The van der Waals surface area contributed by atoms with Crippen LogP contribution in [0.15, 0.2) is 18.2 Å². The molecule has 0 unspecified atom stereocenters. The van der Waals surface area contributed by atoms with Crippen LogP contribution in [0.1, 0.15) is 39.2 Å².